The first-order valence-electron chi connectivity index (χ1n) is 9.00. The van der Waals surface area contributed by atoms with Gasteiger partial charge >= 0.3 is 0 Å². The highest BCUT2D eigenvalue weighted by Gasteiger charge is 2.32. The number of carbonyl (C=O) groups excluding carboxylic acids is 1. The van der Waals surface area contributed by atoms with Crippen molar-refractivity contribution in [1.29, 1.82) is 0 Å². The molecule has 2 N–H and O–H groups in total. The Morgan fingerprint density at radius 1 is 1.11 bits per heavy atom. The van der Waals surface area contributed by atoms with E-state index in [0.717, 1.165) is 31.2 Å². The van der Waals surface area contributed by atoms with Crippen LogP contribution in [0, 0.1) is 0 Å². The van der Waals surface area contributed by atoms with Crippen LogP contribution in [0.4, 0.5) is 5.82 Å². The van der Waals surface area contributed by atoms with Gasteiger partial charge in [-0.25, -0.2) is 9.97 Å². The number of likely N-dealkylation sites (tertiary alicyclic amines) is 1. The van der Waals surface area contributed by atoms with Gasteiger partial charge < -0.3 is 15.2 Å². The molecule has 1 aliphatic heterocycles. The van der Waals surface area contributed by atoms with Gasteiger partial charge in [0.2, 0.25) is 0 Å². The lowest BCUT2D eigenvalue weighted by Gasteiger charge is -2.27. The van der Waals surface area contributed by atoms with E-state index in [1.54, 1.807) is 4.90 Å². The molecule has 0 bridgehead atoms. The third-order valence-corrected chi connectivity index (χ3v) is 4.70. The number of hydrogen-bond acceptors (Lipinski definition) is 7. The molecule has 138 valence electrons. The molecule has 0 spiro atoms. The van der Waals surface area contributed by atoms with Gasteiger partial charge in [0.15, 0.2) is 17.3 Å². The minimum Gasteiger partial charge on any atom is -0.382 e. The largest absolute Gasteiger partial charge is 0.382 e. The van der Waals surface area contributed by atoms with Gasteiger partial charge in [0.25, 0.3) is 11.8 Å². The summed E-state index contributed by atoms with van der Waals surface area (Å²) in [4.78, 5) is 27.5. The van der Waals surface area contributed by atoms with Gasteiger partial charge in [-0.1, -0.05) is 36.2 Å². The molecule has 0 aliphatic carbocycles. The molecule has 8 heteroatoms. The smallest absolute Gasteiger partial charge is 0.276 e. The fourth-order valence-corrected chi connectivity index (χ4v) is 3.34. The van der Waals surface area contributed by atoms with Crippen molar-refractivity contribution in [3.63, 3.8) is 0 Å². The van der Waals surface area contributed by atoms with E-state index < -0.39 is 0 Å². The normalized spacial score (nSPS) is 17.5. The fourth-order valence-electron chi connectivity index (χ4n) is 3.34. The van der Waals surface area contributed by atoms with Crippen LogP contribution in [-0.2, 0) is 0 Å². The monoisotopic (exact) mass is 364 g/mol. The predicted molar refractivity (Wildman–Crippen MR) is 98.4 cm³/mol. The van der Waals surface area contributed by atoms with E-state index in [4.69, 9.17) is 10.3 Å². The van der Waals surface area contributed by atoms with Crippen molar-refractivity contribution in [2.75, 3.05) is 12.3 Å². The third kappa shape index (κ3) is 3.51. The molecule has 27 heavy (non-hydrogen) atoms. The molecular weight excluding hydrogens is 344 g/mol. The molecule has 1 amide bonds. The molecular formula is C19H20N6O2. The van der Waals surface area contributed by atoms with E-state index >= 15 is 0 Å². The summed E-state index contributed by atoms with van der Waals surface area (Å²) in [7, 11) is 0. The summed E-state index contributed by atoms with van der Waals surface area (Å²) in [5, 5.41) is 4.16. The van der Waals surface area contributed by atoms with Crippen LogP contribution in [0.5, 0.6) is 0 Å². The maximum Gasteiger partial charge on any atom is 0.276 e. The lowest BCUT2D eigenvalue weighted by Crippen LogP contribution is -2.36. The summed E-state index contributed by atoms with van der Waals surface area (Å²) < 4.78 is 5.45. The van der Waals surface area contributed by atoms with Crippen LogP contribution in [0.25, 0.3) is 11.5 Å². The Labute approximate surface area is 156 Å². The van der Waals surface area contributed by atoms with Crippen molar-refractivity contribution in [3.8, 4) is 11.5 Å². The Hall–Kier alpha value is -3.29. The van der Waals surface area contributed by atoms with Crippen molar-refractivity contribution < 1.29 is 9.32 Å². The van der Waals surface area contributed by atoms with Gasteiger partial charge in [-0.2, -0.15) is 4.98 Å². The van der Waals surface area contributed by atoms with Crippen molar-refractivity contribution in [2.45, 2.75) is 31.7 Å². The second-order valence-corrected chi connectivity index (χ2v) is 6.48. The summed E-state index contributed by atoms with van der Waals surface area (Å²) in [5.41, 5.74) is 6.87. The van der Waals surface area contributed by atoms with E-state index in [1.165, 1.54) is 12.4 Å². The Kier molecular flexibility index (Phi) is 4.78. The molecule has 0 radical (unpaired) electrons. The first kappa shape index (κ1) is 17.1. The van der Waals surface area contributed by atoms with Gasteiger partial charge in [0.1, 0.15) is 0 Å². The molecule has 8 nitrogen and oxygen atoms in total. The Morgan fingerprint density at radius 2 is 1.93 bits per heavy atom. The standard InChI is InChI=1S/C19H20N6O2/c20-16-15(21-10-11-22-16)19(26)25-12-6-2-5-9-14(25)17-23-18(27-24-17)13-7-3-1-4-8-13/h1,3-4,7-8,10-11,14H,2,5-6,9,12H2,(H2,20,22). The Bertz CT molecular complexity index is 927. The molecule has 4 rings (SSSR count). The zero-order valence-electron chi connectivity index (χ0n) is 14.8. The predicted octanol–water partition coefficient (Wildman–Crippen LogP) is 2.87. The summed E-state index contributed by atoms with van der Waals surface area (Å²) in [6.07, 6.45) is 6.64. The number of nitrogen functional groups attached to an aromatic ring is 1. The summed E-state index contributed by atoms with van der Waals surface area (Å²) >= 11 is 0. The first-order valence-corrected chi connectivity index (χ1v) is 9.00. The van der Waals surface area contributed by atoms with Crippen LogP contribution >= 0.6 is 0 Å². The highest BCUT2D eigenvalue weighted by Crippen LogP contribution is 2.31. The van der Waals surface area contributed by atoms with Crippen molar-refractivity contribution in [3.05, 3.63) is 54.2 Å². The lowest BCUT2D eigenvalue weighted by molar-refractivity contribution is 0.0665. The molecule has 1 aliphatic rings. The zero-order valence-corrected chi connectivity index (χ0v) is 14.8. The topological polar surface area (TPSA) is 111 Å². The Balaban J connectivity index is 1.66. The molecule has 1 unspecified atom stereocenters. The molecule has 1 aromatic carbocycles. The highest BCUT2D eigenvalue weighted by molar-refractivity contribution is 5.96. The average Bonchev–Trinajstić information content (AvgIpc) is 3.06. The van der Waals surface area contributed by atoms with Crippen LogP contribution in [-0.4, -0.2) is 37.5 Å². The van der Waals surface area contributed by atoms with Crippen molar-refractivity contribution >= 4 is 11.7 Å². The second kappa shape index (κ2) is 7.53. The molecule has 3 heterocycles. The lowest BCUT2D eigenvalue weighted by atomic mass is 10.1. The zero-order chi connectivity index (χ0) is 18.6. The van der Waals surface area contributed by atoms with Gasteiger partial charge in [-0.15, -0.1) is 0 Å². The molecule has 1 saturated heterocycles. The van der Waals surface area contributed by atoms with Gasteiger partial charge in [-0.3, -0.25) is 4.79 Å². The van der Waals surface area contributed by atoms with Crippen molar-refractivity contribution in [1.82, 2.24) is 25.0 Å². The number of nitrogens with two attached hydrogens (primary N) is 1. The minimum atomic E-state index is -0.275. The average molecular weight is 364 g/mol. The fraction of sp³-hybridized carbons (Fsp3) is 0.316. The number of benzene rings is 1. The number of rotatable bonds is 3. The van der Waals surface area contributed by atoms with E-state index in [9.17, 15) is 4.79 Å². The van der Waals surface area contributed by atoms with Gasteiger partial charge in [0.05, 0.1) is 6.04 Å². The maximum atomic E-state index is 13.1. The Morgan fingerprint density at radius 3 is 2.74 bits per heavy atom. The van der Waals surface area contributed by atoms with Crippen LogP contribution in [0.3, 0.4) is 0 Å². The quantitative estimate of drug-likeness (QED) is 0.760. The second-order valence-electron chi connectivity index (χ2n) is 6.48. The maximum absolute atomic E-state index is 13.1. The van der Waals surface area contributed by atoms with E-state index in [1.807, 2.05) is 30.3 Å². The van der Waals surface area contributed by atoms with E-state index in [-0.39, 0.29) is 23.5 Å². The van der Waals surface area contributed by atoms with Crippen LogP contribution < -0.4 is 5.73 Å². The molecule has 2 aromatic heterocycles. The molecule has 0 saturated carbocycles. The van der Waals surface area contributed by atoms with Gasteiger partial charge in [-0.05, 0) is 25.0 Å². The number of aromatic nitrogens is 4. The minimum absolute atomic E-state index is 0.128. The SMILES string of the molecule is Nc1nccnc1C(=O)N1CCCCCC1c1noc(-c2ccccc2)n1. The van der Waals surface area contributed by atoms with Gasteiger partial charge in [0, 0.05) is 24.5 Å². The molecule has 1 fully saturated rings. The first-order chi connectivity index (χ1) is 13.2. The number of carbonyl (C=O) groups is 1. The molecule has 3 aromatic rings. The van der Waals surface area contributed by atoms with Crippen LogP contribution in [0.1, 0.15) is 48.0 Å². The number of hydrogen-bond donors (Lipinski definition) is 1. The summed E-state index contributed by atoms with van der Waals surface area (Å²) in [5.74, 6) is 0.829. The summed E-state index contributed by atoms with van der Waals surface area (Å²) in [6, 6.07) is 9.30. The van der Waals surface area contributed by atoms with Crippen molar-refractivity contribution in [2.24, 2.45) is 0 Å². The van der Waals surface area contributed by atoms with E-state index in [0.29, 0.717) is 18.3 Å². The summed E-state index contributed by atoms with van der Waals surface area (Å²) in [6.45, 7) is 0.592. The third-order valence-electron chi connectivity index (χ3n) is 4.70. The number of anilines is 1. The number of amides is 1. The van der Waals surface area contributed by atoms with Crippen LogP contribution in [0.15, 0.2) is 47.2 Å². The number of nitrogens with zero attached hydrogens (tertiary/aromatic N) is 5. The highest BCUT2D eigenvalue weighted by atomic mass is 16.5. The van der Waals surface area contributed by atoms with Crippen LogP contribution in [0.2, 0.25) is 0 Å². The van der Waals surface area contributed by atoms with E-state index in [2.05, 4.69) is 20.1 Å². The molecule has 1 atom stereocenters.